The minimum Gasteiger partial charge on any atom is -0.327 e. The molecule has 0 radical (unpaired) electrons. The Morgan fingerprint density at radius 2 is 2.33 bits per heavy atom. The number of piperidine rings is 1. The molecule has 0 aliphatic carbocycles. The van der Waals surface area contributed by atoms with Gasteiger partial charge in [0.25, 0.3) is 5.91 Å². The molecular weight excluding hydrogens is 284 g/mol. The number of aryl methyl sites for hydroxylation is 1. The largest absolute Gasteiger partial charge is 0.327 e. The first-order chi connectivity index (χ1) is 10.1. The molecule has 1 aromatic heterocycles. The quantitative estimate of drug-likeness (QED) is 0.897. The summed E-state index contributed by atoms with van der Waals surface area (Å²) in [6.45, 7) is 7.00. The van der Waals surface area contributed by atoms with Crippen LogP contribution >= 0.6 is 11.7 Å². The number of anilines is 1. The number of nitrogens with one attached hydrogen (secondary N) is 2. The molecule has 1 unspecified atom stereocenters. The summed E-state index contributed by atoms with van der Waals surface area (Å²) < 4.78 is 8.50. The lowest BCUT2D eigenvalue weighted by Gasteiger charge is -2.27. The number of hydrogen-bond acceptors (Lipinski definition) is 4. The van der Waals surface area contributed by atoms with E-state index >= 15 is 0 Å². The first-order valence-corrected chi connectivity index (χ1v) is 8.22. The first-order valence-electron chi connectivity index (χ1n) is 7.49. The van der Waals surface area contributed by atoms with E-state index in [9.17, 15) is 4.79 Å². The molecule has 6 heteroatoms. The molecule has 0 saturated carbocycles. The smallest absolute Gasteiger partial charge is 0.279 e. The molecule has 2 atom stereocenters. The van der Waals surface area contributed by atoms with Crippen molar-refractivity contribution in [3.8, 4) is 0 Å². The van der Waals surface area contributed by atoms with Crippen LogP contribution in [0.25, 0.3) is 11.0 Å². The van der Waals surface area contributed by atoms with Crippen LogP contribution in [-0.2, 0) is 4.79 Å². The van der Waals surface area contributed by atoms with E-state index < -0.39 is 0 Å². The Morgan fingerprint density at radius 3 is 3.14 bits per heavy atom. The highest BCUT2D eigenvalue weighted by molar-refractivity contribution is 7.00. The molecule has 21 heavy (non-hydrogen) atoms. The van der Waals surface area contributed by atoms with E-state index in [-0.39, 0.29) is 5.91 Å². The van der Waals surface area contributed by atoms with Crippen molar-refractivity contribution in [1.82, 2.24) is 8.75 Å². The summed E-state index contributed by atoms with van der Waals surface area (Å²) >= 11 is 1.21. The predicted octanol–water partition coefficient (Wildman–Crippen LogP) is 1.25. The van der Waals surface area contributed by atoms with Gasteiger partial charge in [0.15, 0.2) is 6.54 Å². The second kappa shape index (κ2) is 6.07. The summed E-state index contributed by atoms with van der Waals surface area (Å²) in [6, 6.07) is 3.84. The average molecular weight is 305 g/mol. The normalized spacial score (nSPS) is 22.4. The van der Waals surface area contributed by atoms with Gasteiger partial charge < -0.3 is 10.2 Å². The Bertz CT molecular complexity index is 654. The van der Waals surface area contributed by atoms with Gasteiger partial charge in [0.05, 0.1) is 24.8 Å². The third-order valence-corrected chi connectivity index (χ3v) is 4.77. The highest BCUT2D eigenvalue weighted by atomic mass is 32.1. The molecule has 1 aromatic carbocycles. The number of aromatic nitrogens is 2. The third-order valence-electron chi connectivity index (χ3n) is 4.23. The molecule has 2 N–H and O–H groups in total. The number of fused-ring (bicyclic) bond motifs is 1. The lowest BCUT2D eigenvalue weighted by atomic mass is 10.0. The number of amides is 1. The van der Waals surface area contributed by atoms with Crippen LogP contribution in [-0.4, -0.2) is 34.3 Å². The summed E-state index contributed by atoms with van der Waals surface area (Å²) in [6.07, 6.45) is 2.51. The third kappa shape index (κ3) is 3.22. The van der Waals surface area contributed by atoms with E-state index in [4.69, 9.17) is 0 Å². The van der Waals surface area contributed by atoms with Crippen molar-refractivity contribution >= 4 is 34.4 Å². The topological polar surface area (TPSA) is 59.3 Å². The van der Waals surface area contributed by atoms with Crippen molar-refractivity contribution in [1.29, 1.82) is 0 Å². The number of benzene rings is 1. The van der Waals surface area contributed by atoms with E-state index in [0.29, 0.717) is 6.54 Å². The van der Waals surface area contributed by atoms with Crippen LogP contribution in [0.15, 0.2) is 12.1 Å². The van der Waals surface area contributed by atoms with Crippen LogP contribution in [0.3, 0.4) is 0 Å². The summed E-state index contributed by atoms with van der Waals surface area (Å²) in [5.74, 6) is 0.811. The summed E-state index contributed by atoms with van der Waals surface area (Å²) in [7, 11) is 0. The molecule has 0 spiro atoms. The number of rotatable bonds is 3. The maximum Gasteiger partial charge on any atom is 0.279 e. The fourth-order valence-corrected chi connectivity index (χ4v) is 3.68. The molecule has 1 aliphatic heterocycles. The molecule has 112 valence electrons. The number of quaternary nitrogens is 1. The second-order valence-corrected chi connectivity index (χ2v) is 6.58. The minimum absolute atomic E-state index is 0.0877. The summed E-state index contributed by atoms with van der Waals surface area (Å²) in [5.41, 5.74) is 3.63. The molecule has 0 bridgehead atoms. The number of carbonyl (C=O) groups excluding carboxylic acids is 1. The number of hydrogen-bond donors (Lipinski definition) is 2. The van der Waals surface area contributed by atoms with Crippen molar-refractivity contribution in [2.75, 3.05) is 25.0 Å². The van der Waals surface area contributed by atoms with Crippen molar-refractivity contribution < 1.29 is 9.69 Å². The van der Waals surface area contributed by atoms with Gasteiger partial charge in [0.1, 0.15) is 11.0 Å². The number of nitrogens with zero attached hydrogens (tertiary/aromatic N) is 2. The lowest BCUT2D eigenvalue weighted by Crippen LogP contribution is -3.14. The van der Waals surface area contributed by atoms with Gasteiger partial charge in [-0.1, -0.05) is 6.92 Å². The Morgan fingerprint density at radius 1 is 1.48 bits per heavy atom. The van der Waals surface area contributed by atoms with Gasteiger partial charge in [-0.05, 0) is 31.9 Å². The molecular formula is C15H21N4OS+. The van der Waals surface area contributed by atoms with Gasteiger partial charge in [-0.15, -0.1) is 0 Å². The Labute approximate surface area is 128 Å². The monoisotopic (exact) mass is 305 g/mol. The van der Waals surface area contributed by atoms with Crippen molar-refractivity contribution in [3.05, 3.63) is 17.7 Å². The highest BCUT2D eigenvalue weighted by Gasteiger charge is 2.22. The van der Waals surface area contributed by atoms with Crippen LogP contribution in [0.5, 0.6) is 0 Å². The van der Waals surface area contributed by atoms with Gasteiger partial charge in [0, 0.05) is 17.2 Å². The predicted molar refractivity (Wildman–Crippen MR) is 84.7 cm³/mol. The Balaban J connectivity index is 1.67. The Kier molecular flexibility index (Phi) is 4.17. The molecule has 2 aromatic rings. The van der Waals surface area contributed by atoms with Gasteiger partial charge >= 0.3 is 0 Å². The number of carbonyl (C=O) groups is 1. The van der Waals surface area contributed by atoms with E-state index in [1.807, 2.05) is 19.1 Å². The van der Waals surface area contributed by atoms with Gasteiger partial charge in [-0.25, -0.2) is 0 Å². The van der Waals surface area contributed by atoms with Gasteiger partial charge in [0.2, 0.25) is 0 Å². The second-order valence-electron chi connectivity index (χ2n) is 6.05. The van der Waals surface area contributed by atoms with Gasteiger partial charge in [-0.2, -0.15) is 8.75 Å². The van der Waals surface area contributed by atoms with Crippen LogP contribution in [0.4, 0.5) is 5.69 Å². The van der Waals surface area contributed by atoms with Crippen LogP contribution in [0.1, 0.15) is 25.3 Å². The summed E-state index contributed by atoms with van der Waals surface area (Å²) in [4.78, 5) is 13.6. The molecule has 5 nitrogen and oxygen atoms in total. The van der Waals surface area contributed by atoms with Crippen molar-refractivity contribution in [2.45, 2.75) is 26.7 Å². The van der Waals surface area contributed by atoms with Crippen LogP contribution < -0.4 is 10.2 Å². The van der Waals surface area contributed by atoms with Crippen molar-refractivity contribution in [3.63, 3.8) is 0 Å². The molecule has 3 rings (SSSR count). The lowest BCUT2D eigenvalue weighted by molar-refractivity contribution is -0.900. The highest BCUT2D eigenvalue weighted by Crippen LogP contribution is 2.23. The zero-order chi connectivity index (χ0) is 14.8. The average Bonchev–Trinajstić information content (AvgIpc) is 2.91. The first kappa shape index (κ1) is 14.4. The minimum atomic E-state index is 0.0877. The molecule has 1 fully saturated rings. The van der Waals surface area contributed by atoms with Gasteiger partial charge in [-0.3, -0.25) is 4.79 Å². The van der Waals surface area contributed by atoms with E-state index in [0.717, 1.165) is 41.3 Å². The van der Waals surface area contributed by atoms with E-state index in [2.05, 4.69) is 21.0 Å². The number of likely N-dealkylation sites (tertiary alicyclic amines) is 1. The van der Waals surface area contributed by atoms with E-state index in [1.54, 1.807) is 0 Å². The zero-order valence-corrected chi connectivity index (χ0v) is 13.3. The SMILES string of the molecule is Cc1c(NC(=O)C[NH+]2CCC[C@@H](C)C2)ccc2nsnc12. The molecule has 1 saturated heterocycles. The zero-order valence-electron chi connectivity index (χ0n) is 12.5. The standard InChI is InChI=1S/C15H20N4OS/c1-10-4-3-7-19(8-10)9-14(20)16-12-5-6-13-15(11(12)2)18-21-17-13/h5-6,10H,3-4,7-9H2,1-2H3,(H,16,20)/p+1/t10-/m1/s1. The maximum absolute atomic E-state index is 12.2. The van der Waals surface area contributed by atoms with E-state index in [1.165, 1.54) is 29.5 Å². The fraction of sp³-hybridized carbons (Fsp3) is 0.533. The van der Waals surface area contributed by atoms with Crippen LogP contribution in [0, 0.1) is 12.8 Å². The molecule has 2 heterocycles. The fourth-order valence-electron chi connectivity index (χ4n) is 3.09. The maximum atomic E-state index is 12.2. The summed E-state index contributed by atoms with van der Waals surface area (Å²) in [5, 5.41) is 3.03. The molecule has 1 amide bonds. The molecule has 1 aliphatic rings. The Hall–Kier alpha value is -1.53. The van der Waals surface area contributed by atoms with Crippen LogP contribution in [0.2, 0.25) is 0 Å². The van der Waals surface area contributed by atoms with Crippen molar-refractivity contribution in [2.24, 2.45) is 5.92 Å².